The molecule has 20 heavy (non-hydrogen) atoms. The number of nitro benzene ring substituents is 2. The standard InChI is InChI=1S/C13H8N2O5/c16-13(9-4-2-1-3-5-9)11-7-6-10(14(17)18)8-12(11)15(19)20/h1-8H. The van der Waals surface area contributed by atoms with E-state index >= 15 is 0 Å². The Bertz CT molecular complexity index is 697. The van der Waals surface area contributed by atoms with Crippen LogP contribution in [-0.4, -0.2) is 15.6 Å². The minimum Gasteiger partial charge on any atom is -0.288 e. The van der Waals surface area contributed by atoms with Gasteiger partial charge in [-0.05, 0) is 6.07 Å². The van der Waals surface area contributed by atoms with Crippen molar-refractivity contribution in [3.63, 3.8) is 0 Å². The largest absolute Gasteiger partial charge is 0.288 e. The van der Waals surface area contributed by atoms with Crippen LogP contribution in [0.1, 0.15) is 15.9 Å². The number of nitro groups is 2. The van der Waals surface area contributed by atoms with E-state index in [0.717, 1.165) is 18.2 Å². The molecule has 0 aliphatic heterocycles. The molecule has 0 aromatic heterocycles. The Balaban J connectivity index is 2.54. The molecular formula is C13H8N2O5. The molecule has 2 aromatic carbocycles. The number of non-ortho nitro benzene ring substituents is 1. The second-order valence-electron chi connectivity index (χ2n) is 3.91. The third-order valence-electron chi connectivity index (χ3n) is 2.67. The molecule has 7 nitrogen and oxygen atoms in total. The van der Waals surface area contributed by atoms with Gasteiger partial charge in [-0.1, -0.05) is 30.3 Å². The molecule has 0 unspecified atom stereocenters. The van der Waals surface area contributed by atoms with Crippen LogP contribution in [0.25, 0.3) is 0 Å². The van der Waals surface area contributed by atoms with Crippen LogP contribution in [0.3, 0.4) is 0 Å². The predicted octanol–water partition coefficient (Wildman–Crippen LogP) is 2.73. The first kappa shape index (κ1) is 13.3. The van der Waals surface area contributed by atoms with Crippen LogP contribution < -0.4 is 0 Å². The number of carbonyl (C=O) groups excluding carboxylic acids is 1. The van der Waals surface area contributed by atoms with Crippen LogP contribution in [0.15, 0.2) is 48.5 Å². The van der Waals surface area contributed by atoms with E-state index in [0.29, 0.717) is 0 Å². The molecule has 0 saturated carbocycles. The van der Waals surface area contributed by atoms with Crippen molar-refractivity contribution in [3.8, 4) is 0 Å². The van der Waals surface area contributed by atoms with E-state index in [4.69, 9.17) is 0 Å². The lowest BCUT2D eigenvalue weighted by Crippen LogP contribution is -2.06. The number of carbonyl (C=O) groups is 1. The Morgan fingerprint density at radius 3 is 2.10 bits per heavy atom. The molecule has 0 spiro atoms. The number of nitrogens with zero attached hydrogens (tertiary/aromatic N) is 2. The maximum absolute atomic E-state index is 12.2. The Labute approximate surface area is 112 Å². The quantitative estimate of drug-likeness (QED) is 0.483. The maximum Gasteiger partial charge on any atom is 0.287 e. The van der Waals surface area contributed by atoms with Crippen LogP contribution in [-0.2, 0) is 0 Å². The van der Waals surface area contributed by atoms with E-state index in [1.165, 1.54) is 12.1 Å². The van der Waals surface area contributed by atoms with Crippen molar-refractivity contribution >= 4 is 17.2 Å². The van der Waals surface area contributed by atoms with Gasteiger partial charge in [0, 0.05) is 11.6 Å². The number of hydrogen-bond donors (Lipinski definition) is 0. The van der Waals surface area contributed by atoms with Gasteiger partial charge in [0.1, 0.15) is 5.56 Å². The third kappa shape index (κ3) is 2.51. The average Bonchev–Trinajstić information content (AvgIpc) is 2.46. The number of rotatable bonds is 4. The number of benzene rings is 2. The zero-order valence-corrected chi connectivity index (χ0v) is 10.1. The van der Waals surface area contributed by atoms with Gasteiger partial charge in [-0.3, -0.25) is 25.0 Å². The van der Waals surface area contributed by atoms with Crippen LogP contribution in [0.4, 0.5) is 11.4 Å². The summed E-state index contributed by atoms with van der Waals surface area (Å²) < 4.78 is 0. The second-order valence-corrected chi connectivity index (χ2v) is 3.91. The summed E-state index contributed by atoms with van der Waals surface area (Å²) in [6.07, 6.45) is 0. The fraction of sp³-hybridized carbons (Fsp3) is 0. The summed E-state index contributed by atoms with van der Waals surface area (Å²) in [6, 6.07) is 11.0. The summed E-state index contributed by atoms with van der Waals surface area (Å²) in [5.74, 6) is -0.549. The summed E-state index contributed by atoms with van der Waals surface area (Å²) in [7, 11) is 0. The van der Waals surface area contributed by atoms with Crippen molar-refractivity contribution in [2.45, 2.75) is 0 Å². The highest BCUT2D eigenvalue weighted by molar-refractivity contribution is 6.11. The summed E-state index contributed by atoms with van der Waals surface area (Å²) >= 11 is 0. The van der Waals surface area contributed by atoms with Crippen LogP contribution in [0.2, 0.25) is 0 Å². The highest BCUT2D eigenvalue weighted by Crippen LogP contribution is 2.26. The van der Waals surface area contributed by atoms with Crippen molar-refractivity contribution < 1.29 is 14.6 Å². The molecule has 2 aromatic rings. The first-order valence-electron chi connectivity index (χ1n) is 5.53. The van der Waals surface area contributed by atoms with Crippen LogP contribution in [0.5, 0.6) is 0 Å². The molecule has 2 rings (SSSR count). The van der Waals surface area contributed by atoms with E-state index in [-0.39, 0.29) is 11.1 Å². The van der Waals surface area contributed by atoms with Gasteiger partial charge in [0.05, 0.1) is 15.9 Å². The minimum atomic E-state index is -0.802. The Hall–Kier alpha value is -3.09. The summed E-state index contributed by atoms with van der Waals surface area (Å²) in [6.45, 7) is 0. The fourth-order valence-electron chi connectivity index (χ4n) is 1.72. The maximum atomic E-state index is 12.2. The lowest BCUT2D eigenvalue weighted by atomic mass is 10.0. The molecule has 7 heteroatoms. The lowest BCUT2D eigenvalue weighted by Gasteiger charge is -2.02. The van der Waals surface area contributed by atoms with Gasteiger partial charge in [-0.2, -0.15) is 0 Å². The van der Waals surface area contributed by atoms with E-state index < -0.39 is 27.0 Å². The Morgan fingerprint density at radius 1 is 0.900 bits per heavy atom. The van der Waals surface area contributed by atoms with Crippen molar-refractivity contribution in [3.05, 3.63) is 79.9 Å². The number of ketones is 1. The van der Waals surface area contributed by atoms with Gasteiger partial charge in [-0.15, -0.1) is 0 Å². The Morgan fingerprint density at radius 2 is 1.55 bits per heavy atom. The molecule has 0 amide bonds. The monoisotopic (exact) mass is 272 g/mol. The van der Waals surface area contributed by atoms with Crippen molar-refractivity contribution in [1.82, 2.24) is 0 Å². The molecular weight excluding hydrogens is 264 g/mol. The predicted molar refractivity (Wildman–Crippen MR) is 69.6 cm³/mol. The summed E-state index contributed by atoms with van der Waals surface area (Å²) in [5.41, 5.74) is -0.898. The topological polar surface area (TPSA) is 103 Å². The molecule has 100 valence electrons. The summed E-state index contributed by atoms with van der Waals surface area (Å²) in [5, 5.41) is 21.6. The molecule has 0 saturated heterocycles. The summed E-state index contributed by atoms with van der Waals surface area (Å²) in [4.78, 5) is 32.2. The highest BCUT2D eigenvalue weighted by atomic mass is 16.6. The van der Waals surface area contributed by atoms with Gasteiger partial charge >= 0.3 is 0 Å². The van der Waals surface area contributed by atoms with Gasteiger partial charge in [0.2, 0.25) is 0 Å². The van der Waals surface area contributed by atoms with Crippen molar-refractivity contribution in [2.75, 3.05) is 0 Å². The van der Waals surface area contributed by atoms with E-state index in [9.17, 15) is 25.0 Å². The van der Waals surface area contributed by atoms with Gasteiger partial charge in [0.25, 0.3) is 11.4 Å². The van der Waals surface area contributed by atoms with E-state index in [1.54, 1.807) is 18.2 Å². The van der Waals surface area contributed by atoms with Gasteiger partial charge < -0.3 is 0 Å². The molecule has 0 N–H and O–H groups in total. The lowest BCUT2D eigenvalue weighted by molar-refractivity contribution is -0.394. The van der Waals surface area contributed by atoms with Gasteiger partial charge in [-0.25, -0.2) is 0 Å². The molecule has 0 bridgehead atoms. The van der Waals surface area contributed by atoms with Crippen molar-refractivity contribution in [2.24, 2.45) is 0 Å². The first-order chi connectivity index (χ1) is 9.50. The average molecular weight is 272 g/mol. The molecule has 0 radical (unpaired) electrons. The Kier molecular flexibility index (Phi) is 3.52. The SMILES string of the molecule is O=C(c1ccccc1)c1ccc([N+](=O)[O-])cc1[N+](=O)[O-]. The normalized spacial score (nSPS) is 10.0. The molecule has 0 fully saturated rings. The minimum absolute atomic E-state index is 0.174. The van der Waals surface area contributed by atoms with Gasteiger partial charge in [0.15, 0.2) is 5.78 Å². The fourth-order valence-corrected chi connectivity index (χ4v) is 1.72. The van der Waals surface area contributed by atoms with E-state index in [2.05, 4.69) is 0 Å². The zero-order chi connectivity index (χ0) is 14.7. The van der Waals surface area contributed by atoms with Crippen LogP contribution >= 0.6 is 0 Å². The van der Waals surface area contributed by atoms with Crippen molar-refractivity contribution in [1.29, 1.82) is 0 Å². The molecule has 0 heterocycles. The van der Waals surface area contributed by atoms with Crippen LogP contribution in [0, 0.1) is 20.2 Å². The molecule has 0 atom stereocenters. The molecule has 0 aliphatic carbocycles. The first-order valence-corrected chi connectivity index (χ1v) is 5.53. The van der Waals surface area contributed by atoms with E-state index in [1.807, 2.05) is 0 Å². The highest BCUT2D eigenvalue weighted by Gasteiger charge is 2.24. The smallest absolute Gasteiger partial charge is 0.287 e. The molecule has 0 aliphatic rings. The third-order valence-corrected chi connectivity index (χ3v) is 2.67. The zero-order valence-electron chi connectivity index (χ0n) is 10.1. The second kappa shape index (κ2) is 5.27. The number of hydrogen-bond acceptors (Lipinski definition) is 5.